The van der Waals surface area contributed by atoms with Crippen LogP contribution in [0.1, 0.15) is 41.1 Å². The van der Waals surface area contributed by atoms with Crippen LogP contribution in [0.15, 0.2) is 60.7 Å². The maximum absolute atomic E-state index is 12.6. The minimum atomic E-state index is -1.20. The number of ketones is 1. The summed E-state index contributed by atoms with van der Waals surface area (Å²) in [5.41, 5.74) is 1.41. The van der Waals surface area contributed by atoms with Crippen molar-refractivity contribution in [3.05, 3.63) is 71.8 Å². The lowest BCUT2D eigenvalue weighted by molar-refractivity contribution is -0.140. The SMILES string of the molecule is O=C(CC(c1ccccc1)C(O)C(=O)N1CCCC1)c1ccccc1. The quantitative estimate of drug-likeness (QED) is 0.824. The Morgan fingerprint density at radius 3 is 2.08 bits per heavy atom. The number of likely N-dealkylation sites (tertiary alicyclic amines) is 1. The number of benzene rings is 2. The Bertz CT molecular complexity index is 708. The molecule has 2 aromatic carbocycles. The monoisotopic (exact) mass is 337 g/mol. The molecule has 2 unspecified atom stereocenters. The van der Waals surface area contributed by atoms with Crippen LogP contribution >= 0.6 is 0 Å². The van der Waals surface area contributed by atoms with E-state index in [0.29, 0.717) is 18.7 Å². The third-order valence-electron chi connectivity index (χ3n) is 4.78. The Hall–Kier alpha value is -2.46. The third kappa shape index (κ3) is 4.15. The Morgan fingerprint density at radius 1 is 0.920 bits per heavy atom. The van der Waals surface area contributed by atoms with Crippen molar-refractivity contribution in [2.75, 3.05) is 13.1 Å². The van der Waals surface area contributed by atoms with Crippen LogP contribution in [0.25, 0.3) is 0 Å². The van der Waals surface area contributed by atoms with Crippen molar-refractivity contribution in [1.82, 2.24) is 4.90 Å². The number of Topliss-reactive ketones (excluding diaryl/α,β-unsaturated/α-hetero) is 1. The predicted octanol–water partition coefficient (Wildman–Crippen LogP) is 3.03. The van der Waals surface area contributed by atoms with Crippen LogP contribution in [0.3, 0.4) is 0 Å². The van der Waals surface area contributed by atoms with Gasteiger partial charge in [0.15, 0.2) is 5.78 Å². The van der Waals surface area contributed by atoms with Gasteiger partial charge in [-0.05, 0) is 18.4 Å². The minimum Gasteiger partial charge on any atom is -0.383 e. The fraction of sp³-hybridized carbons (Fsp3) is 0.333. The van der Waals surface area contributed by atoms with Gasteiger partial charge in [-0.1, -0.05) is 60.7 Å². The van der Waals surface area contributed by atoms with Gasteiger partial charge in [-0.25, -0.2) is 0 Å². The summed E-state index contributed by atoms with van der Waals surface area (Å²) in [7, 11) is 0. The van der Waals surface area contributed by atoms with Crippen LogP contribution in [0.5, 0.6) is 0 Å². The number of hydrogen-bond donors (Lipinski definition) is 1. The molecular weight excluding hydrogens is 314 g/mol. The highest BCUT2D eigenvalue weighted by Crippen LogP contribution is 2.27. The number of carbonyl (C=O) groups excluding carboxylic acids is 2. The summed E-state index contributed by atoms with van der Waals surface area (Å²) >= 11 is 0. The van der Waals surface area contributed by atoms with E-state index in [2.05, 4.69) is 0 Å². The lowest BCUT2D eigenvalue weighted by atomic mass is 9.86. The summed E-state index contributed by atoms with van der Waals surface area (Å²) < 4.78 is 0. The first-order valence-corrected chi connectivity index (χ1v) is 8.77. The molecule has 1 amide bonds. The first-order chi connectivity index (χ1) is 12.2. The summed E-state index contributed by atoms with van der Waals surface area (Å²) in [5.74, 6) is -0.878. The van der Waals surface area contributed by atoms with Gasteiger partial charge in [0.25, 0.3) is 5.91 Å². The van der Waals surface area contributed by atoms with E-state index in [-0.39, 0.29) is 18.1 Å². The van der Waals surface area contributed by atoms with E-state index in [1.165, 1.54) is 0 Å². The van der Waals surface area contributed by atoms with Gasteiger partial charge in [-0.3, -0.25) is 9.59 Å². The number of rotatable bonds is 6. The van der Waals surface area contributed by atoms with E-state index < -0.39 is 12.0 Å². The van der Waals surface area contributed by atoms with Crippen LogP contribution in [0.2, 0.25) is 0 Å². The summed E-state index contributed by atoms with van der Waals surface area (Å²) in [6.45, 7) is 1.37. The van der Waals surface area contributed by atoms with Gasteiger partial charge in [0.2, 0.25) is 0 Å². The zero-order chi connectivity index (χ0) is 17.6. The van der Waals surface area contributed by atoms with E-state index in [9.17, 15) is 14.7 Å². The summed E-state index contributed by atoms with van der Waals surface area (Å²) in [4.78, 5) is 27.0. The van der Waals surface area contributed by atoms with E-state index >= 15 is 0 Å². The molecule has 4 nitrogen and oxygen atoms in total. The van der Waals surface area contributed by atoms with E-state index in [4.69, 9.17) is 0 Å². The van der Waals surface area contributed by atoms with E-state index in [0.717, 1.165) is 18.4 Å². The minimum absolute atomic E-state index is 0.0669. The number of amides is 1. The van der Waals surface area contributed by atoms with Crippen molar-refractivity contribution in [2.45, 2.75) is 31.3 Å². The molecule has 25 heavy (non-hydrogen) atoms. The predicted molar refractivity (Wildman–Crippen MR) is 96.4 cm³/mol. The van der Waals surface area contributed by atoms with Gasteiger partial charge in [-0.15, -0.1) is 0 Å². The second-order valence-electron chi connectivity index (χ2n) is 6.49. The molecule has 4 heteroatoms. The average molecular weight is 337 g/mol. The molecule has 0 bridgehead atoms. The molecule has 0 aromatic heterocycles. The average Bonchev–Trinajstić information content (AvgIpc) is 3.21. The smallest absolute Gasteiger partial charge is 0.252 e. The Morgan fingerprint density at radius 2 is 1.48 bits per heavy atom. The first kappa shape index (κ1) is 17.4. The fourth-order valence-electron chi connectivity index (χ4n) is 3.35. The highest BCUT2D eigenvalue weighted by Gasteiger charge is 2.33. The van der Waals surface area contributed by atoms with Gasteiger partial charge in [-0.2, -0.15) is 0 Å². The molecule has 1 heterocycles. The lowest BCUT2D eigenvalue weighted by Crippen LogP contribution is -2.41. The first-order valence-electron chi connectivity index (χ1n) is 8.77. The lowest BCUT2D eigenvalue weighted by Gasteiger charge is -2.26. The molecule has 0 spiro atoms. The van der Waals surface area contributed by atoms with Crippen LogP contribution in [0, 0.1) is 0 Å². The van der Waals surface area contributed by atoms with Crippen molar-refractivity contribution in [2.24, 2.45) is 0 Å². The molecular formula is C21H23NO3. The summed E-state index contributed by atoms with van der Waals surface area (Å²) in [6.07, 6.45) is 0.844. The fourth-order valence-corrected chi connectivity index (χ4v) is 3.35. The Kier molecular flexibility index (Phi) is 5.61. The topological polar surface area (TPSA) is 57.6 Å². The summed E-state index contributed by atoms with van der Waals surface area (Å²) in [6, 6.07) is 18.4. The van der Waals surface area contributed by atoms with Crippen LogP contribution in [0.4, 0.5) is 0 Å². The highest BCUT2D eigenvalue weighted by molar-refractivity contribution is 5.97. The van der Waals surface area contributed by atoms with Gasteiger partial charge in [0, 0.05) is 31.0 Å². The molecule has 2 aromatic rings. The van der Waals surface area contributed by atoms with Crippen molar-refractivity contribution in [3.63, 3.8) is 0 Å². The van der Waals surface area contributed by atoms with Gasteiger partial charge >= 0.3 is 0 Å². The van der Waals surface area contributed by atoms with Crippen molar-refractivity contribution < 1.29 is 14.7 Å². The Labute approximate surface area is 148 Å². The van der Waals surface area contributed by atoms with E-state index in [1.54, 1.807) is 17.0 Å². The molecule has 1 N–H and O–H groups in total. The van der Waals surface area contributed by atoms with Crippen LogP contribution in [-0.4, -0.2) is 40.9 Å². The normalized spacial score (nSPS) is 16.4. The molecule has 0 aliphatic carbocycles. The number of nitrogens with zero attached hydrogens (tertiary/aromatic N) is 1. The maximum Gasteiger partial charge on any atom is 0.252 e. The molecule has 2 atom stereocenters. The molecule has 1 aliphatic rings. The zero-order valence-electron chi connectivity index (χ0n) is 14.2. The molecule has 1 aliphatic heterocycles. The molecule has 0 radical (unpaired) electrons. The Balaban J connectivity index is 1.82. The largest absolute Gasteiger partial charge is 0.383 e. The van der Waals surface area contributed by atoms with Crippen LogP contribution in [-0.2, 0) is 4.79 Å². The van der Waals surface area contributed by atoms with Gasteiger partial charge < -0.3 is 10.0 Å². The summed E-state index contributed by atoms with van der Waals surface area (Å²) in [5, 5.41) is 10.7. The molecule has 130 valence electrons. The van der Waals surface area contributed by atoms with E-state index in [1.807, 2.05) is 48.5 Å². The number of carbonyl (C=O) groups is 2. The van der Waals surface area contributed by atoms with Gasteiger partial charge in [0.05, 0.1) is 0 Å². The molecule has 1 saturated heterocycles. The van der Waals surface area contributed by atoms with Gasteiger partial charge in [0.1, 0.15) is 6.10 Å². The van der Waals surface area contributed by atoms with Crippen molar-refractivity contribution in [3.8, 4) is 0 Å². The molecule has 3 rings (SSSR count). The number of aliphatic hydroxyl groups excluding tert-OH is 1. The van der Waals surface area contributed by atoms with Crippen molar-refractivity contribution >= 4 is 11.7 Å². The van der Waals surface area contributed by atoms with Crippen LogP contribution < -0.4 is 0 Å². The second kappa shape index (κ2) is 8.08. The number of aliphatic hydroxyl groups is 1. The van der Waals surface area contributed by atoms with Crippen molar-refractivity contribution in [1.29, 1.82) is 0 Å². The second-order valence-corrected chi connectivity index (χ2v) is 6.49. The molecule has 1 fully saturated rings. The number of hydrogen-bond acceptors (Lipinski definition) is 3. The third-order valence-corrected chi connectivity index (χ3v) is 4.78. The zero-order valence-corrected chi connectivity index (χ0v) is 14.2. The maximum atomic E-state index is 12.6. The highest BCUT2D eigenvalue weighted by atomic mass is 16.3. The standard InChI is InChI=1S/C21H23NO3/c23-19(17-11-5-2-6-12-17)15-18(16-9-3-1-4-10-16)20(24)21(25)22-13-7-8-14-22/h1-6,9-12,18,20,24H,7-8,13-15H2. The molecule has 0 saturated carbocycles.